The summed E-state index contributed by atoms with van der Waals surface area (Å²) in [5.41, 5.74) is 2.18. The number of halogens is 3. The van der Waals surface area contributed by atoms with Crippen molar-refractivity contribution in [3.05, 3.63) is 62.9 Å². The van der Waals surface area contributed by atoms with Crippen LogP contribution in [0.4, 0.5) is 0 Å². The molecule has 0 aliphatic rings. The van der Waals surface area contributed by atoms with E-state index in [1.54, 1.807) is 12.1 Å². The van der Waals surface area contributed by atoms with E-state index in [-0.39, 0.29) is 6.04 Å². The standard InChI is InChI=1S/C14H13Cl3N2/c1-9(11-2-4-12(15)5-3-11)18-8-10-6-13(16)19-14(17)7-10/h2-7,9,18H,8H2,1H3/t9-/m1/s1. The van der Waals surface area contributed by atoms with Crippen molar-refractivity contribution in [2.45, 2.75) is 19.5 Å². The highest BCUT2D eigenvalue weighted by molar-refractivity contribution is 6.32. The molecule has 0 saturated heterocycles. The first-order valence-electron chi connectivity index (χ1n) is 5.85. The third kappa shape index (κ3) is 4.36. The van der Waals surface area contributed by atoms with Crippen molar-refractivity contribution >= 4 is 34.8 Å². The lowest BCUT2D eigenvalue weighted by atomic mass is 10.1. The van der Waals surface area contributed by atoms with Gasteiger partial charge in [0.05, 0.1) is 0 Å². The number of nitrogens with zero attached hydrogens (tertiary/aromatic N) is 1. The highest BCUT2D eigenvalue weighted by Crippen LogP contribution is 2.18. The fourth-order valence-electron chi connectivity index (χ4n) is 1.76. The van der Waals surface area contributed by atoms with Gasteiger partial charge in [-0.25, -0.2) is 4.98 Å². The van der Waals surface area contributed by atoms with E-state index in [0.29, 0.717) is 16.9 Å². The molecule has 1 atom stereocenters. The minimum atomic E-state index is 0.211. The molecule has 0 aliphatic carbocycles. The van der Waals surface area contributed by atoms with Crippen LogP contribution in [0.2, 0.25) is 15.3 Å². The fraction of sp³-hybridized carbons (Fsp3) is 0.214. The van der Waals surface area contributed by atoms with E-state index in [0.717, 1.165) is 10.6 Å². The second-order valence-electron chi connectivity index (χ2n) is 4.27. The summed E-state index contributed by atoms with van der Waals surface area (Å²) in [4.78, 5) is 3.92. The zero-order chi connectivity index (χ0) is 13.8. The van der Waals surface area contributed by atoms with Gasteiger partial charge in [0.15, 0.2) is 0 Å². The highest BCUT2D eigenvalue weighted by Gasteiger charge is 2.06. The van der Waals surface area contributed by atoms with Crippen LogP contribution in [-0.2, 0) is 6.54 Å². The van der Waals surface area contributed by atoms with Crippen LogP contribution in [0.5, 0.6) is 0 Å². The monoisotopic (exact) mass is 314 g/mol. The van der Waals surface area contributed by atoms with Gasteiger partial charge in [-0.15, -0.1) is 0 Å². The molecule has 1 aromatic heterocycles. The molecule has 0 saturated carbocycles. The third-order valence-corrected chi connectivity index (χ3v) is 3.44. The summed E-state index contributed by atoms with van der Waals surface area (Å²) in [6.07, 6.45) is 0. The summed E-state index contributed by atoms with van der Waals surface area (Å²) < 4.78 is 0. The Balaban J connectivity index is 1.99. The Labute approximate surface area is 127 Å². The lowest BCUT2D eigenvalue weighted by Gasteiger charge is -2.14. The van der Waals surface area contributed by atoms with Gasteiger partial charge >= 0.3 is 0 Å². The van der Waals surface area contributed by atoms with E-state index < -0.39 is 0 Å². The van der Waals surface area contributed by atoms with E-state index >= 15 is 0 Å². The van der Waals surface area contributed by atoms with Crippen LogP contribution in [0.3, 0.4) is 0 Å². The van der Waals surface area contributed by atoms with Crippen molar-refractivity contribution in [3.8, 4) is 0 Å². The molecule has 0 radical (unpaired) electrons. The van der Waals surface area contributed by atoms with Gasteiger partial charge in [0.2, 0.25) is 0 Å². The summed E-state index contributed by atoms with van der Waals surface area (Å²) in [7, 11) is 0. The second-order valence-corrected chi connectivity index (χ2v) is 5.49. The van der Waals surface area contributed by atoms with Crippen LogP contribution in [0.15, 0.2) is 36.4 Å². The Bertz CT molecular complexity index is 535. The van der Waals surface area contributed by atoms with Gasteiger partial charge in [-0.3, -0.25) is 0 Å². The molecule has 100 valence electrons. The molecule has 2 aromatic rings. The molecule has 1 heterocycles. The van der Waals surface area contributed by atoms with Gasteiger partial charge in [0, 0.05) is 17.6 Å². The second kappa shape index (κ2) is 6.58. The number of nitrogens with one attached hydrogen (secondary N) is 1. The van der Waals surface area contributed by atoms with Crippen LogP contribution in [0, 0.1) is 0 Å². The van der Waals surface area contributed by atoms with Gasteiger partial charge in [-0.05, 0) is 42.3 Å². The first-order chi connectivity index (χ1) is 9.04. The summed E-state index contributed by atoms with van der Waals surface area (Å²) in [5.74, 6) is 0. The molecular weight excluding hydrogens is 303 g/mol. The predicted octanol–water partition coefficient (Wildman–Crippen LogP) is 4.89. The molecule has 0 unspecified atom stereocenters. The molecule has 2 nitrogen and oxygen atoms in total. The van der Waals surface area contributed by atoms with E-state index in [1.807, 2.05) is 24.3 Å². The average molecular weight is 316 g/mol. The van der Waals surface area contributed by atoms with Gasteiger partial charge in [-0.2, -0.15) is 0 Å². The average Bonchev–Trinajstić information content (AvgIpc) is 2.36. The Kier molecular flexibility index (Phi) is 5.06. The molecule has 0 amide bonds. The summed E-state index contributed by atoms with van der Waals surface area (Å²) in [5, 5.41) is 4.95. The molecule has 2 rings (SSSR count). The number of rotatable bonds is 4. The summed E-state index contributed by atoms with van der Waals surface area (Å²) in [6.45, 7) is 2.76. The molecule has 0 aliphatic heterocycles. The molecule has 0 bridgehead atoms. The Morgan fingerprint density at radius 3 is 2.21 bits per heavy atom. The van der Waals surface area contributed by atoms with Gasteiger partial charge in [0.1, 0.15) is 10.3 Å². The van der Waals surface area contributed by atoms with Gasteiger partial charge < -0.3 is 5.32 Å². The maximum atomic E-state index is 5.87. The first kappa shape index (κ1) is 14.6. The maximum Gasteiger partial charge on any atom is 0.131 e. The van der Waals surface area contributed by atoms with E-state index in [1.165, 1.54) is 5.56 Å². The maximum absolute atomic E-state index is 5.87. The SMILES string of the molecule is C[C@@H](NCc1cc(Cl)nc(Cl)c1)c1ccc(Cl)cc1. The molecule has 1 aromatic carbocycles. The van der Waals surface area contributed by atoms with Gasteiger partial charge in [-0.1, -0.05) is 46.9 Å². The molecule has 0 fully saturated rings. The Morgan fingerprint density at radius 1 is 1.05 bits per heavy atom. The number of aromatic nitrogens is 1. The Morgan fingerprint density at radius 2 is 1.63 bits per heavy atom. The molecule has 0 spiro atoms. The smallest absolute Gasteiger partial charge is 0.131 e. The highest BCUT2D eigenvalue weighted by atomic mass is 35.5. The van der Waals surface area contributed by atoms with Crippen molar-refractivity contribution in [1.29, 1.82) is 0 Å². The number of hydrogen-bond donors (Lipinski definition) is 1. The number of benzene rings is 1. The van der Waals surface area contributed by atoms with Crippen LogP contribution in [0.25, 0.3) is 0 Å². The topological polar surface area (TPSA) is 24.9 Å². The summed E-state index contributed by atoms with van der Waals surface area (Å²) in [6, 6.07) is 11.6. The van der Waals surface area contributed by atoms with E-state index in [4.69, 9.17) is 34.8 Å². The minimum Gasteiger partial charge on any atom is -0.306 e. The van der Waals surface area contributed by atoms with Crippen molar-refractivity contribution in [2.75, 3.05) is 0 Å². The predicted molar refractivity (Wildman–Crippen MR) is 81.0 cm³/mol. The molecule has 19 heavy (non-hydrogen) atoms. The zero-order valence-corrected chi connectivity index (χ0v) is 12.6. The minimum absolute atomic E-state index is 0.211. The van der Waals surface area contributed by atoms with Crippen molar-refractivity contribution < 1.29 is 0 Å². The third-order valence-electron chi connectivity index (χ3n) is 2.80. The molecule has 5 heteroatoms. The van der Waals surface area contributed by atoms with Crippen LogP contribution < -0.4 is 5.32 Å². The Hall–Kier alpha value is -0.800. The van der Waals surface area contributed by atoms with Crippen molar-refractivity contribution in [2.24, 2.45) is 0 Å². The lowest BCUT2D eigenvalue weighted by Crippen LogP contribution is -2.18. The van der Waals surface area contributed by atoms with Crippen molar-refractivity contribution in [1.82, 2.24) is 10.3 Å². The zero-order valence-electron chi connectivity index (χ0n) is 10.3. The normalized spacial score (nSPS) is 12.4. The van der Waals surface area contributed by atoms with Crippen LogP contribution in [0.1, 0.15) is 24.1 Å². The largest absolute Gasteiger partial charge is 0.306 e. The van der Waals surface area contributed by atoms with Gasteiger partial charge in [0.25, 0.3) is 0 Å². The number of hydrogen-bond acceptors (Lipinski definition) is 2. The lowest BCUT2D eigenvalue weighted by molar-refractivity contribution is 0.574. The quantitative estimate of drug-likeness (QED) is 0.812. The van der Waals surface area contributed by atoms with Crippen LogP contribution >= 0.6 is 34.8 Å². The molecular formula is C14H13Cl3N2. The number of pyridine rings is 1. The van der Waals surface area contributed by atoms with E-state index in [2.05, 4.69) is 17.2 Å². The van der Waals surface area contributed by atoms with E-state index in [9.17, 15) is 0 Å². The van der Waals surface area contributed by atoms with Crippen molar-refractivity contribution in [3.63, 3.8) is 0 Å². The summed E-state index contributed by atoms with van der Waals surface area (Å²) >= 11 is 17.6. The fourth-order valence-corrected chi connectivity index (χ4v) is 2.39. The molecule has 1 N–H and O–H groups in total. The first-order valence-corrected chi connectivity index (χ1v) is 6.99. The van der Waals surface area contributed by atoms with Crippen LogP contribution in [-0.4, -0.2) is 4.98 Å².